The van der Waals surface area contributed by atoms with Crippen molar-refractivity contribution in [2.45, 2.75) is 19.3 Å². The fraction of sp³-hybridized carbons (Fsp3) is 0.250. The molecule has 22 heavy (non-hydrogen) atoms. The minimum atomic E-state index is -0.308. The summed E-state index contributed by atoms with van der Waals surface area (Å²) in [6, 6.07) is 8.10. The van der Waals surface area contributed by atoms with Crippen molar-refractivity contribution in [3.05, 3.63) is 60.1 Å². The monoisotopic (exact) mass is 296 g/mol. The second kappa shape index (κ2) is 5.22. The van der Waals surface area contributed by atoms with Crippen LogP contribution in [0.2, 0.25) is 0 Å². The van der Waals surface area contributed by atoms with Gasteiger partial charge < -0.3 is 15.0 Å². The first-order valence-corrected chi connectivity index (χ1v) is 7.28. The van der Waals surface area contributed by atoms with Gasteiger partial charge in [-0.15, -0.1) is 0 Å². The molecule has 0 saturated carbocycles. The molecule has 0 spiro atoms. The van der Waals surface area contributed by atoms with Gasteiger partial charge in [0.15, 0.2) is 0 Å². The molecule has 0 bridgehead atoms. The standard InChI is InChI=1S/C16H16N4O2/c21-15-4-8-19(16(18-15)20-7-1-6-17-20)11-12-2-3-14-13(10-12)5-9-22-14/h1-4,6-8,10,16H,5,9,11H2,(H,18,21). The van der Waals surface area contributed by atoms with Crippen molar-refractivity contribution in [2.24, 2.45) is 0 Å². The lowest BCUT2D eigenvalue weighted by molar-refractivity contribution is -0.120. The number of carbonyl (C=O) groups excluding carboxylic acids is 1. The Bertz CT molecular complexity index is 724. The summed E-state index contributed by atoms with van der Waals surface area (Å²) in [4.78, 5) is 13.7. The van der Waals surface area contributed by atoms with E-state index in [9.17, 15) is 4.79 Å². The number of fused-ring (bicyclic) bond motifs is 1. The summed E-state index contributed by atoms with van der Waals surface area (Å²) in [5, 5.41) is 7.15. The molecule has 6 nitrogen and oxygen atoms in total. The molecule has 2 aliphatic rings. The molecule has 112 valence electrons. The van der Waals surface area contributed by atoms with Crippen LogP contribution in [0.25, 0.3) is 0 Å². The maximum Gasteiger partial charge on any atom is 0.248 e. The van der Waals surface area contributed by atoms with E-state index in [4.69, 9.17) is 4.74 Å². The van der Waals surface area contributed by atoms with Gasteiger partial charge in [-0.3, -0.25) is 4.79 Å². The number of hydrogen-bond acceptors (Lipinski definition) is 4. The van der Waals surface area contributed by atoms with Crippen LogP contribution in [-0.4, -0.2) is 27.2 Å². The summed E-state index contributed by atoms with van der Waals surface area (Å²) >= 11 is 0. The number of nitrogens with zero attached hydrogens (tertiary/aromatic N) is 3. The van der Waals surface area contributed by atoms with E-state index in [2.05, 4.69) is 22.5 Å². The highest BCUT2D eigenvalue weighted by Gasteiger charge is 2.23. The number of aromatic nitrogens is 2. The Morgan fingerprint density at radius 2 is 2.36 bits per heavy atom. The van der Waals surface area contributed by atoms with E-state index in [1.54, 1.807) is 10.9 Å². The first kappa shape index (κ1) is 12.9. The summed E-state index contributed by atoms with van der Waals surface area (Å²) in [6.45, 7) is 1.45. The van der Waals surface area contributed by atoms with Crippen LogP contribution in [0.3, 0.4) is 0 Å². The number of amides is 1. The van der Waals surface area contributed by atoms with Crippen molar-refractivity contribution in [1.29, 1.82) is 0 Å². The largest absolute Gasteiger partial charge is 0.493 e. The Balaban J connectivity index is 1.60. The minimum absolute atomic E-state index is 0.112. The zero-order valence-electron chi connectivity index (χ0n) is 12.0. The van der Waals surface area contributed by atoms with Crippen molar-refractivity contribution >= 4 is 5.91 Å². The maximum atomic E-state index is 11.6. The minimum Gasteiger partial charge on any atom is -0.493 e. The lowest BCUT2D eigenvalue weighted by atomic mass is 10.1. The zero-order chi connectivity index (χ0) is 14.9. The normalized spacial score (nSPS) is 19.7. The Morgan fingerprint density at radius 3 is 3.23 bits per heavy atom. The Labute approximate surface area is 128 Å². The van der Waals surface area contributed by atoms with E-state index >= 15 is 0 Å². The Hall–Kier alpha value is -2.76. The van der Waals surface area contributed by atoms with E-state index in [0.717, 1.165) is 18.8 Å². The van der Waals surface area contributed by atoms with Crippen LogP contribution in [0.5, 0.6) is 5.75 Å². The molecule has 2 aliphatic heterocycles. The number of benzene rings is 1. The SMILES string of the molecule is O=C1C=CN(Cc2ccc3c(c2)CCO3)C(n2cccn2)N1. The van der Waals surface area contributed by atoms with Crippen LogP contribution in [0, 0.1) is 0 Å². The fourth-order valence-corrected chi connectivity index (χ4v) is 2.83. The highest BCUT2D eigenvalue weighted by atomic mass is 16.5. The highest BCUT2D eigenvalue weighted by molar-refractivity contribution is 5.88. The molecule has 6 heteroatoms. The number of carbonyl (C=O) groups is 1. The number of ether oxygens (including phenoxy) is 1. The lowest BCUT2D eigenvalue weighted by Gasteiger charge is -2.33. The van der Waals surface area contributed by atoms with E-state index in [1.807, 2.05) is 29.4 Å². The van der Waals surface area contributed by atoms with Gasteiger partial charge in [-0.1, -0.05) is 12.1 Å². The molecular formula is C16H16N4O2. The van der Waals surface area contributed by atoms with E-state index in [0.29, 0.717) is 6.54 Å². The molecule has 1 atom stereocenters. The maximum absolute atomic E-state index is 11.6. The van der Waals surface area contributed by atoms with Crippen LogP contribution in [-0.2, 0) is 17.8 Å². The van der Waals surface area contributed by atoms with Gasteiger partial charge in [0.25, 0.3) is 0 Å². The molecule has 0 aliphatic carbocycles. The van der Waals surface area contributed by atoms with Gasteiger partial charge >= 0.3 is 0 Å². The first-order chi connectivity index (χ1) is 10.8. The lowest BCUT2D eigenvalue weighted by Crippen LogP contribution is -2.44. The average Bonchev–Trinajstić information content (AvgIpc) is 3.19. The van der Waals surface area contributed by atoms with Gasteiger partial charge in [-0.25, -0.2) is 4.68 Å². The Morgan fingerprint density at radius 1 is 1.41 bits per heavy atom. The van der Waals surface area contributed by atoms with Gasteiger partial charge in [0, 0.05) is 37.6 Å². The van der Waals surface area contributed by atoms with E-state index < -0.39 is 0 Å². The van der Waals surface area contributed by atoms with Gasteiger partial charge in [0.2, 0.25) is 12.2 Å². The van der Waals surface area contributed by atoms with Gasteiger partial charge in [0.05, 0.1) is 6.61 Å². The molecule has 1 N–H and O–H groups in total. The summed E-state index contributed by atoms with van der Waals surface area (Å²) in [6.07, 6.45) is 7.55. The van der Waals surface area contributed by atoms with Crippen LogP contribution in [0.15, 0.2) is 48.9 Å². The zero-order valence-corrected chi connectivity index (χ0v) is 12.0. The van der Waals surface area contributed by atoms with Crippen molar-refractivity contribution in [2.75, 3.05) is 6.61 Å². The highest BCUT2D eigenvalue weighted by Crippen LogP contribution is 2.27. The molecule has 3 heterocycles. The van der Waals surface area contributed by atoms with Gasteiger partial charge in [0.1, 0.15) is 5.75 Å². The second-order valence-electron chi connectivity index (χ2n) is 5.40. The average molecular weight is 296 g/mol. The van der Waals surface area contributed by atoms with Crippen LogP contribution in [0.4, 0.5) is 0 Å². The number of hydrogen-bond donors (Lipinski definition) is 1. The van der Waals surface area contributed by atoms with Crippen LogP contribution < -0.4 is 10.1 Å². The Kier molecular flexibility index (Phi) is 3.07. The first-order valence-electron chi connectivity index (χ1n) is 7.28. The molecule has 0 radical (unpaired) electrons. The second-order valence-corrected chi connectivity index (χ2v) is 5.40. The van der Waals surface area contributed by atoms with Crippen LogP contribution in [0.1, 0.15) is 17.4 Å². The molecule has 1 aromatic carbocycles. The smallest absolute Gasteiger partial charge is 0.248 e. The molecule has 4 rings (SSSR count). The van der Waals surface area contributed by atoms with Crippen LogP contribution >= 0.6 is 0 Å². The third-order valence-corrected chi connectivity index (χ3v) is 3.90. The fourth-order valence-electron chi connectivity index (χ4n) is 2.83. The summed E-state index contributed by atoms with van der Waals surface area (Å²) in [7, 11) is 0. The molecule has 1 unspecified atom stereocenters. The van der Waals surface area contributed by atoms with Gasteiger partial charge in [-0.05, 0) is 23.3 Å². The van der Waals surface area contributed by atoms with E-state index in [1.165, 1.54) is 17.2 Å². The topological polar surface area (TPSA) is 59.4 Å². The molecule has 1 aromatic heterocycles. The number of rotatable bonds is 3. The third-order valence-electron chi connectivity index (χ3n) is 3.90. The molecule has 2 aromatic rings. The van der Waals surface area contributed by atoms with Crippen molar-refractivity contribution in [3.8, 4) is 5.75 Å². The van der Waals surface area contributed by atoms with Crippen molar-refractivity contribution < 1.29 is 9.53 Å². The summed E-state index contributed by atoms with van der Waals surface area (Å²) < 4.78 is 7.27. The molecular weight excluding hydrogens is 280 g/mol. The van der Waals surface area contributed by atoms with Crippen molar-refractivity contribution in [1.82, 2.24) is 20.0 Å². The van der Waals surface area contributed by atoms with Crippen molar-refractivity contribution in [3.63, 3.8) is 0 Å². The summed E-state index contributed by atoms with van der Waals surface area (Å²) in [5.41, 5.74) is 2.43. The summed E-state index contributed by atoms with van der Waals surface area (Å²) in [5.74, 6) is 0.869. The molecule has 1 amide bonds. The molecule has 0 fully saturated rings. The van der Waals surface area contributed by atoms with Gasteiger partial charge in [-0.2, -0.15) is 5.10 Å². The number of nitrogens with one attached hydrogen (secondary N) is 1. The molecule has 0 saturated heterocycles. The third kappa shape index (κ3) is 2.32. The quantitative estimate of drug-likeness (QED) is 0.930. The predicted octanol–water partition coefficient (Wildman–Crippen LogP) is 1.42. The predicted molar refractivity (Wildman–Crippen MR) is 79.7 cm³/mol. The van der Waals surface area contributed by atoms with E-state index in [-0.39, 0.29) is 12.2 Å².